The minimum absolute atomic E-state index is 0.0137. The van der Waals surface area contributed by atoms with Gasteiger partial charge in [0.1, 0.15) is 11.9 Å². The number of benzene rings is 2. The van der Waals surface area contributed by atoms with Crippen LogP contribution in [-0.2, 0) is 29.1 Å². The van der Waals surface area contributed by atoms with Crippen LogP contribution in [0.5, 0.6) is 0 Å². The zero-order valence-corrected chi connectivity index (χ0v) is 18.6. The molecular weight excluding hydrogens is 448 g/mol. The van der Waals surface area contributed by atoms with Gasteiger partial charge < -0.3 is 15.0 Å². The van der Waals surface area contributed by atoms with Crippen molar-refractivity contribution < 1.29 is 27.5 Å². The van der Waals surface area contributed by atoms with Gasteiger partial charge in [0.15, 0.2) is 6.61 Å². The first kappa shape index (κ1) is 22.5. The molecule has 2 aliphatic heterocycles. The summed E-state index contributed by atoms with van der Waals surface area (Å²) < 4.78 is 31.7. The largest absolute Gasteiger partial charge is 0.454 e. The van der Waals surface area contributed by atoms with E-state index in [-0.39, 0.29) is 16.6 Å². The van der Waals surface area contributed by atoms with Crippen LogP contribution in [0.1, 0.15) is 25.3 Å². The number of hydrogen-bond acceptors (Lipinski definition) is 7. The van der Waals surface area contributed by atoms with Crippen molar-refractivity contribution in [2.45, 2.75) is 30.7 Å². The molecule has 11 heteroatoms. The van der Waals surface area contributed by atoms with Crippen LogP contribution in [-0.4, -0.2) is 51.2 Å². The molecule has 2 amide bonds. The molecule has 0 radical (unpaired) electrons. The third-order valence-corrected chi connectivity index (χ3v) is 6.61. The summed E-state index contributed by atoms with van der Waals surface area (Å²) in [6, 6.07) is 12.1. The van der Waals surface area contributed by atoms with Crippen LogP contribution >= 0.6 is 0 Å². The number of nitrogens with one attached hydrogen (secondary N) is 2. The standard InChI is InChI=1S/C22H22N4O6S/c1-14(23-21-15-7-2-5-10-18(15)33(30,31)25-21)22(29)32-13-19(27)24-16-8-3-4-9-17(16)26-12-6-11-20(26)28/h2-5,7-10,14H,6,11-13H2,1H3,(H,23,25)(H,24,27)/t14-/m0/s1. The second-order valence-electron chi connectivity index (χ2n) is 7.58. The number of rotatable bonds is 6. The van der Waals surface area contributed by atoms with Crippen molar-refractivity contribution in [2.24, 2.45) is 4.99 Å². The Bertz CT molecular complexity index is 1260. The van der Waals surface area contributed by atoms with Crippen LogP contribution in [0.3, 0.4) is 0 Å². The van der Waals surface area contributed by atoms with E-state index in [4.69, 9.17) is 4.74 Å². The molecule has 33 heavy (non-hydrogen) atoms. The quantitative estimate of drug-likeness (QED) is 0.614. The van der Waals surface area contributed by atoms with E-state index in [2.05, 4.69) is 15.0 Å². The zero-order valence-electron chi connectivity index (χ0n) is 17.8. The number of aliphatic imine (C=N–C) groups is 1. The first-order valence-corrected chi connectivity index (χ1v) is 11.8. The minimum Gasteiger partial charge on any atom is -0.454 e. The Morgan fingerprint density at radius 3 is 2.67 bits per heavy atom. The van der Waals surface area contributed by atoms with E-state index in [0.29, 0.717) is 29.9 Å². The number of anilines is 2. The van der Waals surface area contributed by atoms with Gasteiger partial charge in [-0.25, -0.2) is 13.2 Å². The van der Waals surface area contributed by atoms with Gasteiger partial charge in [-0.3, -0.25) is 19.3 Å². The molecule has 2 heterocycles. The summed E-state index contributed by atoms with van der Waals surface area (Å²) in [5.41, 5.74) is 1.40. The predicted molar refractivity (Wildman–Crippen MR) is 120 cm³/mol. The molecular formula is C22H22N4O6S. The van der Waals surface area contributed by atoms with Gasteiger partial charge in [-0.1, -0.05) is 24.3 Å². The first-order valence-electron chi connectivity index (χ1n) is 10.3. The summed E-state index contributed by atoms with van der Waals surface area (Å²) in [5, 5.41) is 2.66. The average Bonchev–Trinajstić information content (AvgIpc) is 3.33. The van der Waals surface area contributed by atoms with Gasteiger partial charge in [-0.15, -0.1) is 0 Å². The normalized spacial score (nSPS) is 18.5. The number of nitrogens with zero attached hydrogens (tertiary/aromatic N) is 2. The molecule has 1 atom stereocenters. The Kier molecular flexibility index (Phi) is 6.14. The number of carbonyl (C=O) groups is 3. The molecule has 0 bridgehead atoms. The Hall–Kier alpha value is -3.73. The van der Waals surface area contributed by atoms with Crippen molar-refractivity contribution >= 4 is 45.0 Å². The maximum atomic E-state index is 12.4. The van der Waals surface area contributed by atoms with E-state index in [9.17, 15) is 22.8 Å². The Morgan fingerprint density at radius 1 is 1.18 bits per heavy atom. The fraction of sp³-hybridized carbons (Fsp3) is 0.273. The number of esters is 1. The molecule has 0 aliphatic carbocycles. The van der Waals surface area contributed by atoms with Gasteiger partial charge in [-0.2, -0.15) is 0 Å². The number of amidine groups is 1. The highest BCUT2D eigenvalue weighted by Gasteiger charge is 2.31. The van der Waals surface area contributed by atoms with Gasteiger partial charge in [0.25, 0.3) is 15.9 Å². The summed E-state index contributed by atoms with van der Waals surface area (Å²) in [4.78, 5) is 42.6. The fourth-order valence-corrected chi connectivity index (χ4v) is 4.88. The predicted octanol–water partition coefficient (Wildman–Crippen LogP) is 1.42. The van der Waals surface area contributed by atoms with Crippen molar-refractivity contribution in [3.8, 4) is 0 Å². The van der Waals surface area contributed by atoms with E-state index in [0.717, 1.165) is 6.42 Å². The van der Waals surface area contributed by atoms with E-state index in [1.807, 2.05) is 0 Å². The second-order valence-corrected chi connectivity index (χ2v) is 9.23. The first-order chi connectivity index (χ1) is 15.8. The minimum atomic E-state index is -3.73. The number of carbonyl (C=O) groups excluding carboxylic acids is 3. The zero-order chi connectivity index (χ0) is 23.6. The maximum absolute atomic E-state index is 12.4. The highest BCUT2D eigenvalue weighted by atomic mass is 32.2. The second kappa shape index (κ2) is 9.02. The molecule has 0 aromatic heterocycles. The Labute approximate surface area is 190 Å². The van der Waals surface area contributed by atoms with Gasteiger partial charge in [0, 0.05) is 18.5 Å². The Morgan fingerprint density at radius 2 is 1.91 bits per heavy atom. The van der Waals surface area contributed by atoms with E-state index < -0.39 is 34.5 Å². The molecule has 2 aliphatic rings. The lowest BCUT2D eigenvalue weighted by Crippen LogP contribution is -2.29. The monoisotopic (exact) mass is 470 g/mol. The van der Waals surface area contributed by atoms with Crippen LogP contribution in [0.4, 0.5) is 11.4 Å². The van der Waals surface area contributed by atoms with Crippen LogP contribution in [0.25, 0.3) is 0 Å². The number of fused-ring (bicyclic) bond motifs is 1. The maximum Gasteiger partial charge on any atom is 0.331 e. The van der Waals surface area contributed by atoms with Gasteiger partial charge in [0.05, 0.1) is 16.3 Å². The van der Waals surface area contributed by atoms with Crippen molar-refractivity contribution in [3.05, 3.63) is 54.1 Å². The molecule has 172 valence electrons. The topological polar surface area (TPSA) is 134 Å². The lowest BCUT2D eigenvalue weighted by atomic mass is 10.2. The van der Waals surface area contributed by atoms with Crippen molar-refractivity contribution in [1.29, 1.82) is 0 Å². The Balaban J connectivity index is 1.38. The number of ether oxygens (including phenoxy) is 1. The van der Waals surface area contributed by atoms with Crippen LogP contribution in [0.15, 0.2) is 58.4 Å². The number of sulfonamides is 1. The van der Waals surface area contributed by atoms with Gasteiger partial charge in [0.2, 0.25) is 5.91 Å². The van der Waals surface area contributed by atoms with E-state index >= 15 is 0 Å². The number of amides is 2. The highest BCUT2D eigenvalue weighted by Crippen LogP contribution is 2.29. The molecule has 10 nitrogen and oxygen atoms in total. The molecule has 2 aromatic carbocycles. The summed E-state index contributed by atoms with van der Waals surface area (Å²) in [7, 11) is -3.73. The van der Waals surface area contributed by atoms with E-state index in [1.54, 1.807) is 47.4 Å². The molecule has 1 fully saturated rings. The summed E-state index contributed by atoms with van der Waals surface area (Å²) in [5.74, 6) is -1.33. The summed E-state index contributed by atoms with van der Waals surface area (Å²) in [6.07, 6.45) is 1.21. The van der Waals surface area contributed by atoms with Gasteiger partial charge in [-0.05, 0) is 37.6 Å². The van der Waals surface area contributed by atoms with Crippen molar-refractivity contribution in [1.82, 2.24) is 4.72 Å². The number of para-hydroxylation sites is 2. The van der Waals surface area contributed by atoms with Crippen LogP contribution in [0, 0.1) is 0 Å². The molecule has 0 saturated carbocycles. The highest BCUT2D eigenvalue weighted by molar-refractivity contribution is 7.90. The molecule has 2 N–H and O–H groups in total. The SMILES string of the molecule is C[C@H](N=C1NS(=O)(=O)c2ccccc21)C(=O)OCC(=O)Nc1ccccc1N1CCCC1=O. The van der Waals surface area contributed by atoms with Gasteiger partial charge >= 0.3 is 5.97 Å². The average molecular weight is 471 g/mol. The third kappa shape index (κ3) is 4.72. The van der Waals surface area contributed by atoms with Crippen molar-refractivity contribution in [3.63, 3.8) is 0 Å². The fourth-order valence-electron chi connectivity index (χ4n) is 3.64. The van der Waals surface area contributed by atoms with E-state index in [1.165, 1.54) is 13.0 Å². The summed E-state index contributed by atoms with van der Waals surface area (Å²) >= 11 is 0. The van der Waals surface area contributed by atoms with Crippen LogP contribution in [0.2, 0.25) is 0 Å². The van der Waals surface area contributed by atoms with Crippen LogP contribution < -0.4 is 14.9 Å². The summed E-state index contributed by atoms with van der Waals surface area (Å²) in [6.45, 7) is 1.46. The molecule has 0 spiro atoms. The molecule has 4 rings (SSSR count). The lowest BCUT2D eigenvalue weighted by Gasteiger charge is -2.20. The number of hydrogen-bond donors (Lipinski definition) is 2. The molecule has 2 aromatic rings. The molecule has 0 unspecified atom stereocenters. The molecule has 1 saturated heterocycles. The lowest BCUT2D eigenvalue weighted by molar-refractivity contribution is -0.148. The van der Waals surface area contributed by atoms with Crippen molar-refractivity contribution in [2.75, 3.05) is 23.4 Å². The smallest absolute Gasteiger partial charge is 0.331 e. The third-order valence-electron chi connectivity index (χ3n) is 5.21.